The second-order valence-corrected chi connectivity index (χ2v) is 5.92. The molecule has 98 valence electrons. The van der Waals surface area contributed by atoms with Crippen LogP contribution in [0.2, 0.25) is 0 Å². The van der Waals surface area contributed by atoms with E-state index in [9.17, 15) is 5.11 Å². The standard InChI is InChI=1S/C15H20O3/c1-15(2)9-18-12-6-5-10(8-11(12)15)14(16)13-4-3-7-17-13/h5-6,8,13-14,16H,3-4,7,9H2,1-2H3. The Morgan fingerprint density at radius 3 is 2.94 bits per heavy atom. The number of aliphatic hydroxyl groups is 1. The van der Waals surface area contributed by atoms with Crippen LogP contribution in [0.4, 0.5) is 0 Å². The lowest BCUT2D eigenvalue weighted by Gasteiger charge is -2.20. The Balaban J connectivity index is 1.90. The summed E-state index contributed by atoms with van der Waals surface area (Å²) < 4.78 is 11.2. The minimum Gasteiger partial charge on any atom is -0.492 e. The van der Waals surface area contributed by atoms with Crippen LogP contribution >= 0.6 is 0 Å². The second-order valence-electron chi connectivity index (χ2n) is 5.92. The van der Waals surface area contributed by atoms with Crippen molar-refractivity contribution in [1.29, 1.82) is 0 Å². The molecule has 1 saturated heterocycles. The molecular formula is C15H20O3. The highest BCUT2D eigenvalue weighted by Gasteiger charge is 2.33. The van der Waals surface area contributed by atoms with E-state index in [0.717, 1.165) is 30.8 Å². The van der Waals surface area contributed by atoms with Crippen molar-refractivity contribution >= 4 is 0 Å². The first-order valence-corrected chi connectivity index (χ1v) is 6.65. The highest BCUT2D eigenvalue weighted by atomic mass is 16.5. The maximum absolute atomic E-state index is 10.4. The summed E-state index contributed by atoms with van der Waals surface area (Å²) in [7, 11) is 0. The van der Waals surface area contributed by atoms with Gasteiger partial charge in [-0.05, 0) is 30.5 Å². The molecule has 0 spiro atoms. The zero-order chi connectivity index (χ0) is 12.8. The summed E-state index contributed by atoms with van der Waals surface area (Å²) in [6.07, 6.45) is 1.42. The summed E-state index contributed by atoms with van der Waals surface area (Å²) in [4.78, 5) is 0. The number of rotatable bonds is 2. The van der Waals surface area contributed by atoms with Crippen LogP contribution in [-0.2, 0) is 10.2 Å². The molecule has 2 heterocycles. The van der Waals surface area contributed by atoms with E-state index in [0.29, 0.717) is 6.61 Å². The largest absolute Gasteiger partial charge is 0.492 e. The third-order valence-electron chi connectivity index (χ3n) is 3.98. The molecule has 2 aliphatic rings. The lowest BCUT2D eigenvalue weighted by atomic mass is 9.85. The van der Waals surface area contributed by atoms with E-state index in [-0.39, 0.29) is 11.5 Å². The van der Waals surface area contributed by atoms with E-state index in [2.05, 4.69) is 19.9 Å². The van der Waals surface area contributed by atoms with Gasteiger partial charge < -0.3 is 14.6 Å². The van der Waals surface area contributed by atoms with Crippen molar-refractivity contribution in [3.63, 3.8) is 0 Å². The van der Waals surface area contributed by atoms with Crippen molar-refractivity contribution in [3.05, 3.63) is 29.3 Å². The van der Waals surface area contributed by atoms with E-state index < -0.39 is 6.10 Å². The van der Waals surface area contributed by atoms with E-state index in [1.54, 1.807) is 0 Å². The second kappa shape index (κ2) is 4.25. The van der Waals surface area contributed by atoms with Gasteiger partial charge in [0.05, 0.1) is 12.7 Å². The minimum atomic E-state index is -0.519. The van der Waals surface area contributed by atoms with Crippen LogP contribution < -0.4 is 4.74 Å². The minimum absolute atomic E-state index is 0.0294. The molecule has 1 aromatic carbocycles. The molecule has 3 rings (SSSR count). The van der Waals surface area contributed by atoms with Gasteiger partial charge in [-0.25, -0.2) is 0 Å². The van der Waals surface area contributed by atoms with Crippen LogP contribution in [0.3, 0.4) is 0 Å². The van der Waals surface area contributed by atoms with Crippen LogP contribution in [0, 0.1) is 0 Å². The maximum Gasteiger partial charge on any atom is 0.123 e. The molecule has 0 aromatic heterocycles. The van der Waals surface area contributed by atoms with E-state index >= 15 is 0 Å². The van der Waals surface area contributed by atoms with Gasteiger partial charge in [0.1, 0.15) is 11.9 Å². The third-order valence-corrected chi connectivity index (χ3v) is 3.98. The van der Waals surface area contributed by atoms with Crippen LogP contribution in [-0.4, -0.2) is 24.4 Å². The molecule has 0 amide bonds. The molecule has 18 heavy (non-hydrogen) atoms. The van der Waals surface area contributed by atoms with E-state index in [1.165, 1.54) is 5.56 Å². The Morgan fingerprint density at radius 1 is 1.39 bits per heavy atom. The summed E-state index contributed by atoms with van der Waals surface area (Å²) >= 11 is 0. The highest BCUT2D eigenvalue weighted by Crippen LogP contribution is 2.40. The van der Waals surface area contributed by atoms with Gasteiger partial charge in [0.25, 0.3) is 0 Å². The molecule has 3 nitrogen and oxygen atoms in total. The molecule has 1 aromatic rings. The number of hydrogen-bond acceptors (Lipinski definition) is 3. The van der Waals surface area contributed by atoms with Crippen molar-refractivity contribution < 1.29 is 14.6 Å². The van der Waals surface area contributed by atoms with Gasteiger partial charge in [0, 0.05) is 17.6 Å². The lowest BCUT2D eigenvalue weighted by molar-refractivity contribution is -0.00263. The van der Waals surface area contributed by atoms with Gasteiger partial charge in [-0.15, -0.1) is 0 Å². The van der Waals surface area contributed by atoms with Gasteiger partial charge in [0.2, 0.25) is 0 Å². The fourth-order valence-corrected chi connectivity index (χ4v) is 2.79. The molecule has 1 N–H and O–H groups in total. The Labute approximate surface area is 108 Å². The Hall–Kier alpha value is -1.06. The average molecular weight is 248 g/mol. The van der Waals surface area contributed by atoms with Crippen LogP contribution in [0.1, 0.15) is 43.9 Å². The normalized spacial score (nSPS) is 26.7. The molecule has 0 radical (unpaired) electrons. The van der Waals surface area contributed by atoms with Crippen molar-refractivity contribution in [1.82, 2.24) is 0 Å². The molecule has 3 heteroatoms. The molecule has 1 fully saturated rings. The SMILES string of the molecule is CC1(C)COc2ccc(C(O)C3CCCO3)cc21. The summed E-state index contributed by atoms with van der Waals surface area (Å²) in [6.45, 7) is 5.81. The molecular weight excluding hydrogens is 228 g/mol. The number of hydrogen-bond donors (Lipinski definition) is 1. The van der Waals surface area contributed by atoms with E-state index in [1.807, 2.05) is 12.1 Å². The lowest BCUT2D eigenvalue weighted by Crippen LogP contribution is -2.20. The summed E-state index contributed by atoms with van der Waals surface area (Å²) in [5, 5.41) is 10.4. The number of aliphatic hydroxyl groups excluding tert-OH is 1. The van der Waals surface area contributed by atoms with Crippen LogP contribution in [0.15, 0.2) is 18.2 Å². The van der Waals surface area contributed by atoms with Gasteiger partial charge in [-0.1, -0.05) is 19.9 Å². The smallest absolute Gasteiger partial charge is 0.123 e. The Morgan fingerprint density at radius 2 is 2.22 bits per heavy atom. The molecule has 2 aliphatic heterocycles. The Bertz CT molecular complexity index is 447. The van der Waals surface area contributed by atoms with Crippen molar-refractivity contribution in [2.45, 2.75) is 44.3 Å². The first kappa shape index (κ1) is 12.0. The molecule has 0 bridgehead atoms. The van der Waals surface area contributed by atoms with Crippen molar-refractivity contribution in [3.8, 4) is 5.75 Å². The van der Waals surface area contributed by atoms with Crippen molar-refractivity contribution in [2.75, 3.05) is 13.2 Å². The van der Waals surface area contributed by atoms with Crippen LogP contribution in [0.25, 0.3) is 0 Å². The maximum atomic E-state index is 10.4. The predicted octanol–water partition coefficient (Wildman–Crippen LogP) is 2.57. The quantitative estimate of drug-likeness (QED) is 0.874. The van der Waals surface area contributed by atoms with Gasteiger partial charge in [0.15, 0.2) is 0 Å². The number of ether oxygens (including phenoxy) is 2. The van der Waals surface area contributed by atoms with Crippen molar-refractivity contribution in [2.24, 2.45) is 0 Å². The summed E-state index contributed by atoms with van der Waals surface area (Å²) in [5.41, 5.74) is 2.16. The zero-order valence-corrected chi connectivity index (χ0v) is 11.0. The van der Waals surface area contributed by atoms with Gasteiger partial charge >= 0.3 is 0 Å². The average Bonchev–Trinajstić information content (AvgIpc) is 2.97. The zero-order valence-electron chi connectivity index (χ0n) is 11.0. The first-order valence-electron chi connectivity index (χ1n) is 6.65. The molecule has 0 saturated carbocycles. The van der Waals surface area contributed by atoms with Crippen LogP contribution in [0.5, 0.6) is 5.75 Å². The predicted molar refractivity (Wildman–Crippen MR) is 68.9 cm³/mol. The summed E-state index contributed by atoms with van der Waals surface area (Å²) in [6, 6.07) is 6.00. The van der Waals surface area contributed by atoms with E-state index in [4.69, 9.17) is 9.47 Å². The fourth-order valence-electron chi connectivity index (χ4n) is 2.79. The van der Waals surface area contributed by atoms with Gasteiger partial charge in [-0.3, -0.25) is 0 Å². The number of fused-ring (bicyclic) bond motifs is 1. The summed E-state index contributed by atoms with van der Waals surface area (Å²) in [5.74, 6) is 0.947. The topological polar surface area (TPSA) is 38.7 Å². The van der Waals surface area contributed by atoms with Gasteiger partial charge in [-0.2, -0.15) is 0 Å². The molecule has 2 atom stereocenters. The third kappa shape index (κ3) is 1.91. The highest BCUT2D eigenvalue weighted by molar-refractivity contribution is 5.45. The fraction of sp³-hybridized carbons (Fsp3) is 0.600. The molecule has 0 aliphatic carbocycles. The Kier molecular flexibility index (Phi) is 2.83. The molecule has 2 unspecified atom stereocenters. The monoisotopic (exact) mass is 248 g/mol. The first-order chi connectivity index (χ1) is 8.58. The number of benzene rings is 1.